The topological polar surface area (TPSA) is 121 Å². The number of ether oxygens (including phenoxy) is 3. The van der Waals surface area contributed by atoms with Gasteiger partial charge in [-0.05, 0) is 29.3 Å². The number of methoxy groups -OCH3 is 3. The first-order chi connectivity index (χ1) is 22.9. The quantitative estimate of drug-likeness (QED) is 0.0934. The number of carbonyl (C=O) groups is 1. The van der Waals surface area contributed by atoms with Gasteiger partial charge in [-0.15, -0.1) is 11.3 Å². The molecule has 4 aromatic carbocycles. The van der Waals surface area contributed by atoms with Crippen molar-refractivity contribution in [3.05, 3.63) is 114 Å². The smallest absolute Gasteiger partial charge is 0.256 e. The number of thiazole rings is 2. The zero-order valence-electron chi connectivity index (χ0n) is 25.8. The number of nitrogen functional groups attached to an aromatic ring is 1. The van der Waals surface area contributed by atoms with E-state index in [1.807, 2.05) is 96.4 Å². The van der Waals surface area contributed by atoms with Crippen molar-refractivity contribution >= 4 is 62.6 Å². The Bertz CT molecular complexity index is 2020. The highest BCUT2D eigenvalue weighted by Gasteiger charge is 2.18. The first kappa shape index (κ1) is 31.3. The van der Waals surface area contributed by atoms with E-state index in [2.05, 4.69) is 15.6 Å². The van der Waals surface area contributed by atoms with Crippen LogP contribution in [-0.4, -0.2) is 37.2 Å². The molecule has 0 spiro atoms. The molecule has 2 aromatic heterocycles. The van der Waals surface area contributed by atoms with Crippen LogP contribution in [-0.2, 0) is 4.79 Å². The van der Waals surface area contributed by atoms with Crippen molar-refractivity contribution in [2.45, 2.75) is 0 Å². The summed E-state index contributed by atoms with van der Waals surface area (Å²) in [6.45, 7) is 0. The molecule has 6 aromatic rings. The SMILES string of the molecule is COc1cc(Nc2nc(N)c(-c3nc(-c4cccc(NC(=O)C(=Cc5ccccc5)c5ccccc5)c4)cs3)s2)cc(OC)c1OC. The van der Waals surface area contributed by atoms with Crippen molar-refractivity contribution < 1.29 is 19.0 Å². The lowest BCUT2D eigenvalue weighted by Gasteiger charge is -2.14. The van der Waals surface area contributed by atoms with Gasteiger partial charge in [0.05, 0.1) is 27.0 Å². The third-order valence-electron chi connectivity index (χ3n) is 7.12. The molecule has 0 aliphatic heterocycles. The molecule has 2 heterocycles. The van der Waals surface area contributed by atoms with Crippen molar-refractivity contribution in [2.75, 3.05) is 37.7 Å². The van der Waals surface area contributed by atoms with Crippen LogP contribution in [0, 0.1) is 0 Å². The van der Waals surface area contributed by atoms with Gasteiger partial charge in [0.2, 0.25) is 5.75 Å². The largest absolute Gasteiger partial charge is 0.493 e. The summed E-state index contributed by atoms with van der Waals surface area (Å²) in [6.07, 6.45) is 1.89. The standard InChI is InChI=1S/C36H31N5O4S2/c1-43-29-19-26(20-30(44-2)31(29)45-3)39-36-41-33(37)32(47-36)35-40-28(21-46-35)24-15-10-16-25(18-24)38-34(42)27(23-13-8-5-9-14-23)17-22-11-6-4-7-12-22/h4-21H,37H2,1-3H3,(H,38,42)(H,39,41). The Balaban J connectivity index is 1.22. The molecule has 0 radical (unpaired) electrons. The fraction of sp³-hybridized carbons (Fsp3) is 0.0833. The number of benzene rings is 4. The molecule has 0 bridgehead atoms. The Kier molecular flexibility index (Phi) is 9.46. The summed E-state index contributed by atoms with van der Waals surface area (Å²) in [7, 11) is 4.69. The Morgan fingerprint density at radius 2 is 1.51 bits per heavy atom. The van der Waals surface area contributed by atoms with Crippen molar-refractivity contribution in [1.82, 2.24) is 9.97 Å². The molecule has 236 valence electrons. The highest BCUT2D eigenvalue weighted by molar-refractivity contribution is 7.23. The van der Waals surface area contributed by atoms with E-state index in [1.165, 1.54) is 22.7 Å². The maximum absolute atomic E-state index is 13.6. The number of hydrogen-bond acceptors (Lipinski definition) is 10. The van der Waals surface area contributed by atoms with E-state index in [0.717, 1.165) is 32.3 Å². The molecule has 9 nitrogen and oxygen atoms in total. The maximum Gasteiger partial charge on any atom is 0.256 e. The van der Waals surface area contributed by atoms with Gasteiger partial charge < -0.3 is 30.6 Å². The van der Waals surface area contributed by atoms with E-state index in [-0.39, 0.29) is 5.91 Å². The Morgan fingerprint density at radius 1 is 0.809 bits per heavy atom. The number of nitrogens with zero attached hydrogens (tertiary/aromatic N) is 2. The molecule has 0 aliphatic carbocycles. The number of nitrogens with one attached hydrogen (secondary N) is 2. The summed E-state index contributed by atoms with van der Waals surface area (Å²) in [5.41, 5.74) is 11.7. The number of amides is 1. The van der Waals surface area contributed by atoms with Gasteiger partial charge in [0, 0.05) is 40.0 Å². The normalized spacial score (nSPS) is 11.2. The minimum atomic E-state index is -0.208. The molecule has 0 aliphatic rings. The molecule has 11 heteroatoms. The van der Waals surface area contributed by atoms with Crippen LogP contribution in [0.1, 0.15) is 11.1 Å². The zero-order valence-corrected chi connectivity index (χ0v) is 27.4. The second kappa shape index (κ2) is 14.2. The molecule has 0 unspecified atom stereocenters. The molecule has 6 rings (SSSR count). The first-order valence-corrected chi connectivity index (χ1v) is 16.2. The van der Waals surface area contributed by atoms with Gasteiger partial charge in [-0.3, -0.25) is 4.79 Å². The third-order valence-corrected chi connectivity index (χ3v) is 9.11. The highest BCUT2D eigenvalue weighted by atomic mass is 32.1. The Morgan fingerprint density at radius 3 is 2.19 bits per heavy atom. The van der Waals surface area contributed by atoms with Gasteiger partial charge in [0.15, 0.2) is 16.6 Å². The van der Waals surface area contributed by atoms with Gasteiger partial charge in [0.1, 0.15) is 15.7 Å². The van der Waals surface area contributed by atoms with Crippen molar-refractivity contribution in [1.29, 1.82) is 0 Å². The number of carbonyl (C=O) groups excluding carboxylic acids is 1. The molecular weight excluding hydrogens is 631 g/mol. The van der Waals surface area contributed by atoms with Crippen molar-refractivity contribution in [3.8, 4) is 38.4 Å². The minimum absolute atomic E-state index is 0.208. The molecule has 0 atom stereocenters. The molecular formula is C36H31N5O4S2. The van der Waals surface area contributed by atoms with Crippen LogP contribution in [0.15, 0.2) is 102 Å². The summed E-state index contributed by atoms with van der Waals surface area (Å²) < 4.78 is 16.3. The number of aromatic nitrogens is 2. The van der Waals surface area contributed by atoms with Crippen LogP contribution in [0.2, 0.25) is 0 Å². The predicted molar refractivity (Wildman–Crippen MR) is 192 cm³/mol. The summed E-state index contributed by atoms with van der Waals surface area (Å²) in [5.74, 6) is 1.70. The van der Waals surface area contributed by atoms with Gasteiger partial charge in [-0.1, -0.05) is 84.1 Å². The maximum atomic E-state index is 13.6. The Hall–Kier alpha value is -5.65. The van der Waals surface area contributed by atoms with E-state index in [0.29, 0.717) is 45.1 Å². The van der Waals surface area contributed by atoms with E-state index < -0.39 is 0 Å². The van der Waals surface area contributed by atoms with E-state index >= 15 is 0 Å². The fourth-order valence-electron chi connectivity index (χ4n) is 4.89. The van der Waals surface area contributed by atoms with Crippen LogP contribution < -0.4 is 30.6 Å². The van der Waals surface area contributed by atoms with E-state index in [9.17, 15) is 4.79 Å². The average Bonchev–Trinajstić information content (AvgIpc) is 3.74. The molecule has 0 fully saturated rings. The molecule has 47 heavy (non-hydrogen) atoms. The van der Waals surface area contributed by atoms with Crippen LogP contribution in [0.25, 0.3) is 32.8 Å². The first-order valence-electron chi connectivity index (χ1n) is 14.5. The summed E-state index contributed by atoms with van der Waals surface area (Å²) in [6, 6.07) is 30.6. The van der Waals surface area contributed by atoms with Gasteiger partial charge in [-0.25, -0.2) is 9.97 Å². The minimum Gasteiger partial charge on any atom is -0.493 e. The number of hydrogen-bond donors (Lipinski definition) is 3. The summed E-state index contributed by atoms with van der Waals surface area (Å²) in [5, 5.41) is 9.64. The summed E-state index contributed by atoms with van der Waals surface area (Å²) in [4.78, 5) is 23.7. The van der Waals surface area contributed by atoms with E-state index in [1.54, 1.807) is 33.5 Å². The van der Waals surface area contributed by atoms with Crippen LogP contribution in [0.5, 0.6) is 17.2 Å². The fourth-order valence-corrected chi connectivity index (χ4v) is 6.73. The number of nitrogens with two attached hydrogens (primary N) is 1. The Labute approximate surface area is 280 Å². The third kappa shape index (κ3) is 7.11. The highest BCUT2D eigenvalue weighted by Crippen LogP contribution is 2.43. The zero-order chi connectivity index (χ0) is 32.8. The van der Waals surface area contributed by atoms with Crippen LogP contribution >= 0.6 is 22.7 Å². The lowest BCUT2D eigenvalue weighted by atomic mass is 10.0. The average molecular weight is 662 g/mol. The molecule has 0 saturated heterocycles. The van der Waals surface area contributed by atoms with Crippen molar-refractivity contribution in [2.24, 2.45) is 0 Å². The van der Waals surface area contributed by atoms with Crippen LogP contribution in [0.4, 0.5) is 22.3 Å². The summed E-state index contributed by atoms with van der Waals surface area (Å²) >= 11 is 2.86. The molecule has 1 amide bonds. The van der Waals surface area contributed by atoms with Crippen molar-refractivity contribution in [3.63, 3.8) is 0 Å². The predicted octanol–water partition coefficient (Wildman–Crippen LogP) is 8.46. The van der Waals surface area contributed by atoms with Gasteiger partial charge in [-0.2, -0.15) is 0 Å². The molecule has 4 N–H and O–H groups in total. The van der Waals surface area contributed by atoms with Gasteiger partial charge in [0.25, 0.3) is 5.91 Å². The monoisotopic (exact) mass is 661 g/mol. The lowest BCUT2D eigenvalue weighted by molar-refractivity contribution is -0.111. The second-order valence-corrected chi connectivity index (χ2v) is 12.0. The number of anilines is 4. The molecule has 0 saturated carbocycles. The van der Waals surface area contributed by atoms with Gasteiger partial charge >= 0.3 is 0 Å². The second-order valence-electron chi connectivity index (χ2n) is 10.2. The lowest BCUT2D eigenvalue weighted by Crippen LogP contribution is -2.13. The van der Waals surface area contributed by atoms with Crippen LogP contribution in [0.3, 0.4) is 0 Å². The number of rotatable bonds is 11. The van der Waals surface area contributed by atoms with E-state index in [4.69, 9.17) is 24.9 Å².